The number of aliphatic carboxylic acids is 1. The first-order valence-corrected chi connectivity index (χ1v) is 11.2. The number of alkyl carbamates (subject to hydrolysis) is 1. The topological polar surface area (TPSA) is 116 Å². The number of nitrogens with zero attached hydrogens (tertiary/aromatic N) is 2. The molecule has 1 aliphatic carbocycles. The van der Waals surface area contributed by atoms with Crippen molar-refractivity contribution in [3.05, 3.63) is 59.7 Å². The minimum absolute atomic E-state index is 0.0183. The van der Waals surface area contributed by atoms with Crippen molar-refractivity contribution in [3.8, 4) is 11.1 Å². The molecular weight excluding hydrogens is 438 g/mol. The van der Waals surface area contributed by atoms with E-state index in [1.165, 1.54) is 11.9 Å². The molecule has 1 heterocycles. The number of ether oxygens (including phenoxy) is 1. The van der Waals surface area contributed by atoms with E-state index in [9.17, 15) is 24.3 Å². The number of hydrogen-bond acceptors (Lipinski definition) is 5. The summed E-state index contributed by atoms with van der Waals surface area (Å²) in [5.74, 6) is -1.92. The molecule has 1 atom stereocenters. The van der Waals surface area contributed by atoms with E-state index in [0.29, 0.717) is 6.42 Å². The smallest absolute Gasteiger partial charge is 0.407 e. The van der Waals surface area contributed by atoms with Gasteiger partial charge in [-0.25, -0.2) is 9.59 Å². The first kappa shape index (κ1) is 23.3. The van der Waals surface area contributed by atoms with Gasteiger partial charge < -0.3 is 25.0 Å². The summed E-state index contributed by atoms with van der Waals surface area (Å²) in [6.07, 6.45) is -0.257. The van der Waals surface area contributed by atoms with Gasteiger partial charge in [-0.15, -0.1) is 0 Å². The lowest BCUT2D eigenvalue weighted by Crippen LogP contribution is -2.59. The normalized spacial score (nSPS) is 17.2. The van der Waals surface area contributed by atoms with Gasteiger partial charge in [-0.05, 0) is 28.7 Å². The summed E-state index contributed by atoms with van der Waals surface area (Å²) in [7, 11) is 1.51. The Morgan fingerprint density at radius 3 is 2.29 bits per heavy atom. The lowest BCUT2D eigenvalue weighted by atomic mass is 9.98. The fourth-order valence-corrected chi connectivity index (χ4v) is 4.53. The molecule has 1 saturated heterocycles. The van der Waals surface area contributed by atoms with Crippen molar-refractivity contribution in [1.82, 2.24) is 15.1 Å². The van der Waals surface area contributed by atoms with Crippen molar-refractivity contribution in [2.45, 2.75) is 24.8 Å². The van der Waals surface area contributed by atoms with Crippen LogP contribution in [0.25, 0.3) is 11.1 Å². The molecule has 9 heteroatoms. The molecule has 1 unspecified atom stereocenters. The van der Waals surface area contributed by atoms with Gasteiger partial charge in [0.1, 0.15) is 19.2 Å². The predicted molar refractivity (Wildman–Crippen MR) is 123 cm³/mol. The second-order valence-electron chi connectivity index (χ2n) is 8.51. The Bertz CT molecular complexity index is 1070. The van der Waals surface area contributed by atoms with Crippen molar-refractivity contribution in [1.29, 1.82) is 0 Å². The van der Waals surface area contributed by atoms with Crippen LogP contribution in [0, 0.1) is 0 Å². The number of piperazine rings is 1. The Morgan fingerprint density at radius 2 is 1.68 bits per heavy atom. The second kappa shape index (κ2) is 9.94. The van der Waals surface area contributed by atoms with E-state index in [4.69, 9.17) is 4.74 Å². The van der Waals surface area contributed by atoms with Crippen LogP contribution in [0.15, 0.2) is 48.5 Å². The number of benzene rings is 2. The largest absolute Gasteiger partial charge is 0.480 e. The van der Waals surface area contributed by atoms with Crippen molar-refractivity contribution < 1.29 is 29.0 Å². The Balaban J connectivity index is 1.24. The number of fused-ring (bicyclic) bond motifs is 3. The number of rotatable bonds is 7. The fraction of sp³-hybridized carbons (Fsp3) is 0.360. The maximum atomic E-state index is 12.5. The SMILES string of the molecule is CN1CC(C(=O)O)N(C(=O)CCCNC(=O)OCC2c3ccccc3-c3ccccc32)CC1=O. The molecule has 0 spiro atoms. The molecule has 34 heavy (non-hydrogen) atoms. The van der Waals surface area contributed by atoms with Gasteiger partial charge in [-0.2, -0.15) is 0 Å². The van der Waals surface area contributed by atoms with E-state index < -0.39 is 24.0 Å². The summed E-state index contributed by atoms with van der Waals surface area (Å²) in [4.78, 5) is 50.5. The monoisotopic (exact) mass is 465 g/mol. The van der Waals surface area contributed by atoms with Crippen LogP contribution in [0.4, 0.5) is 4.79 Å². The zero-order valence-corrected chi connectivity index (χ0v) is 18.9. The summed E-state index contributed by atoms with van der Waals surface area (Å²) in [6, 6.07) is 15.1. The highest BCUT2D eigenvalue weighted by molar-refractivity contribution is 5.91. The van der Waals surface area contributed by atoms with Crippen molar-refractivity contribution in [3.63, 3.8) is 0 Å². The molecule has 2 aliphatic rings. The number of carboxylic acids is 1. The van der Waals surface area contributed by atoms with Crippen LogP contribution in [0.1, 0.15) is 29.9 Å². The maximum Gasteiger partial charge on any atom is 0.407 e. The van der Waals surface area contributed by atoms with Gasteiger partial charge in [0.25, 0.3) is 0 Å². The van der Waals surface area contributed by atoms with Gasteiger partial charge in [-0.1, -0.05) is 48.5 Å². The Labute approximate surface area is 197 Å². The molecule has 1 aliphatic heterocycles. The van der Waals surface area contributed by atoms with E-state index in [1.807, 2.05) is 36.4 Å². The molecule has 2 aromatic carbocycles. The van der Waals surface area contributed by atoms with Gasteiger partial charge in [0, 0.05) is 25.9 Å². The lowest BCUT2D eigenvalue weighted by molar-refractivity contribution is -0.158. The van der Waals surface area contributed by atoms with Crippen LogP contribution in [-0.2, 0) is 19.1 Å². The van der Waals surface area contributed by atoms with Crippen molar-refractivity contribution in [2.24, 2.45) is 0 Å². The highest BCUT2D eigenvalue weighted by Gasteiger charge is 2.37. The van der Waals surface area contributed by atoms with E-state index >= 15 is 0 Å². The van der Waals surface area contributed by atoms with Gasteiger partial charge >= 0.3 is 12.1 Å². The van der Waals surface area contributed by atoms with Gasteiger partial charge in [0.15, 0.2) is 0 Å². The third-order valence-corrected chi connectivity index (χ3v) is 6.34. The zero-order valence-electron chi connectivity index (χ0n) is 18.9. The molecule has 0 radical (unpaired) electrons. The average molecular weight is 466 g/mol. The third kappa shape index (κ3) is 4.73. The fourth-order valence-electron chi connectivity index (χ4n) is 4.53. The summed E-state index contributed by atoms with van der Waals surface area (Å²) >= 11 is 0. The minimum atomic E-state index is -1.15. The van der Waals surface area contributed by atoms with Crippen molar-refractivity contribution in [2.75, 3.05) is 33.3 Å². The number of nitrogens with one attached hydrogen (secondary N) is 1. The standard InChI is InChI=1S/C25H27N3O6/c1-27-13-21(24(31)32)28(14-23(27)30)22(29)11-6-12-26-25(33)34-15-20-18-9-4-2-7-16(18)17-8-3-5-10-19(17)20/h2-5,7-10,20-21H,6,11-15H2,1H3,(H,26,33)(H,31,32). The number of carbonyl (C=O) groups is 4. The van der Waals surface area contributed by atoms with E-state index in [2.05, 4.69) is 17.4 Å². The minimum Gasteiger partial charge on any atom is -0.480 e. The van der Waals surface area contributed by atoms with Gasteiger partial charge in [0.2, 0.25) is 11.8 Å². The van der Waals surface area contributed by atoms with Gasteiger partial charge in [-0.3, -0.25) is 9.59 Å². The van der Waals surface area contributed by atoms with Crippen LogP contribution in [0.5, 0.6) is 0 Å². The van der Waals surface area contributed by atoms with Crippen LogP contribution in [-0.4, -0.2) is 78.1 Å². The summed E-state index contributed by atoms with van der Waals surface area (Å²) in [5, 5.41) is 12.0. The van der Waals surface area contributed by atoms with Crippen LogP contribution >= 0.6 is 0 Å². The maximum absolute atomic E-state index is 12.5. The molecule has 9 nitrogen and oxygen atoms in total. The Morgan fingerprint density at radius 1 is 1.06 bits per heavy atom. The highest BCUT2D eigenvalue weighted by Crippen LogP contribution is 2.44. The number of amides is 3. The highest BCUT2D eigenvalue weighted by atomic mass is 16.5. The van der Waals surface area contributed by atoms with E-state index in [-0.39, 0.29) is 44.5 Å². The van der Waals surface area contributed by atoms with Crippen LogP contribution in [0.2, 0.25) is 0 Å². The van der Waals surface area contributed by atoms with Crippen LogP contribution in [0.3, 0.4) is 0 Å². The number of carboxylic acid groups (broad SMARTS) is 1. The average Bonchev–Trinajstić information content (AvgIpc) is 3.15. The number of hydrogen-bond donors (Lipinski definition) is 2. The van der Waals surface area contributed by atoms with E-state index in [1.54, 1.807) is 0 Å². The quantitative estimate of drug-likeness (QED) is 0.605. The summed E-state index contributed by atoms with van der Waals surface area (Å²) in [6.45, 7) is 0.0916. The molecule has 4 rings (SSSR count). The molecule has 3 amide bonds. The number of likely N-dealkylation sites (N-methyl/N-ethyl adjacent to an activating group) is 1. The molecule has 0 aromatic heterocycles. The van der Waals surface area contributed by atoms with Crippen molar-refractivity contribution >= 4 is 23.9 Å². The van der Waals surface area contributed by atoms with Gasteiger partial charge in [0.05, 0.1) is 6.54 Å². The second-order valence-corrected chi connectivity index (χ2v) is 8.51. The molecule has 2 aromatic rings. The lowest BCUT2D eigenvalue weighted by Gasteiger charge is -2.37. The number of carbonyl (C=O) groups excluding carboxylic acids is 3. The van der Waals surface area contributed by atoms with E-state index in [0.717, 1.165) is 27.2 Å². The summed E-state index contributed by atoms with van der Waals surface area (Å²) in [5.41, 5.74) is 4.54. The molecular formula is C25H27N3O6. The molecule has 2 N–H and O–H groups in total. The molecule has 178 valence electrons. The Kier molecular flexibility index (Phi) is 6.81. The third-order valence-electron chi connectivity index (χ3n) is 6.34. The zero-order chi connectivity index (χ0) is 24.2. The van der Waals surface area contributed by atoms with Crippen LogP contribution < -0.4 is 5.32 Å². The predicted octanol–water partition coefficient (Wildman–Crippen LogP) is 2.06. The summed E-state index contributed by atoms with van der Waals surface area (Å²) < 4.78 is 5.46. The first-order chi connectivity index (χ1) is 16.4. The molecule has 0 bridgehead atoms. The molecule has 0 saturated carbocycles. The molecule has 1 fully saturated rings. The first-order valence-electron chi connectivity index (χ1n) is 11.2. The Hall–Kier alpha value is -3.88.